The fourth-order valence-electron chi connectivity index (χ4n) is 2.42. The molecule has 0 saturated carbocycles. The molecule has 0 saturated heterocycles. The number of carboxylic acids is 1. The third-order valence-electron chi connectivity index (χ3n) is 3.78. The fraction of sp³-hybridized carbons (Fsp3) is 0.263. The quantitative estimate of drug-likeness (QED) is 0.540. The number of carboxylic acid groups (broad SMARTS) is 1. The van der Waals surface area contributed by atoms with Crippen molar-refractivity contribution < 1.29 is 23.1 Å². The molecule has 1 amide bonds. The molecular weight excluding hydrogens is 368 g/mol. The molecule has 0 spiro atoms. The van der Waals surface area contributed by atoms with E-state index in [9.17, 15) is 18.0 Å². The van der Waals surface area contributed by atoms with Crippen LogP contribution in [0.15, 0.2) is 59.5 Å². The van der Waals surface area contributed by atoms with E-state index < -0.39 is 16.0 Å². The summed E-state index contributed by atoms with van der Waals surface area (Å²) in [6.07, 6.45) is 2.09. The van der Waals surface area contributed by atoms with Crippen LogP contribution >= 0.6 is 0 Å². The van der Waals surface area contributed by atoms with Gasteiger partial charge in [0.05, 0.1) is 4.90 Å². The van der Waals surface area contributed by atoms with Gasteiger partial charge in [-0.05, 0) is 43.2 Å². The maximum absolute atomic E-state index is 12.3. The number of nitrogens with one attached hydrogen (secondary N) is 2. The molecule has 0 bridgehead atoms. The molecule has 2 rings (SSSR count). The smallest absolute Gasteiger partial charge is 0.303 e. The molecule has 27 heavy (non-hydrogen) atoms. The van der Waals surface area contributed by atoms with Crippen molar-refractivity contribution in [2.24, 2.45) is 0 Å². The summed E-state index contributed by atoms with van der Waals surface area (Å²) < 4.78 is 27.2. The summed E-state index contributed by atoms with van der Waals surface area (Å²) in [6.45, 7) is 0.429. The van der Waals surface area contributed by atoms with Crippen LogP contribution < -0.4 is 10.0 Å². The predicted octanol–water partition coefficient (Wildman–Crippen LogP) is 2.86. The average Bonchev–Trinajstić information content (AvgIpc) is 2.64. The van der Waals surface area contributed by atoms with Crippen LogP contribution in [0.2, 0.25) is 0 Å². The van der Waals surface area contributed by atoms with Crippen molar-refractivity contribution in [3.63, 3.8) is 0 Å². The Kier molecular flexibility index (Phi) is 7.36. The van der Waals surface area contributed by atoms with Gasteiger partial charge in [0.2, 0.25) is 0 Å². The molecule has 3 N–H and O–H groups in total. The molecule has 0 heterocycles. The first kappa shape index (κ1) is 20.4. The van der Waals surface area contributed by atoms with E-state index in [1.54, 1.807) is 36.4 Å². The second-order valence-corrected chi connectivity index (χ2v) is 7.64. The number of carbonyl (C=O) groups excluding carboxylic acids is 1. The van der Waals surface area contributed by atoms with Crippen LogP contribution in [-0.4, -0.2) is 31.9 Å². The zero-order valence-corrected chi connectivity index (χ0v) is 15.5. The van der Waals surface area contributed by atoms with Crippen LogP contribution in [0.3, 0.4) is 0 Å². The van der Waals surface area contributed by atoms with Crippen molar-refractivity contribution >= 4 is 27.6 Å². The molecule has 0 radical (unpaired) electrons. The number of hydrogen-bond acceptors (Lipinski definition) is 4. The number of unbranched alkanes of at least 4 members (excludes halogenated alkanes) is 2. The van der Waals surface area contributed by atoms with Crippen molar-refractivity contribution in [1.29, 1.82) is 0 Å². The molecule has 0 aromatic heterocycles. The lowest BCUT2D eigenvalue weighted by molar-refractivity contribution is -0.137. The highest BCUT2D eigenvalue weighted by molar-refractivity contribution is 7.92. The monoisotopic (exact) mass is 390 g/mol. The zero-order chi connectivity index (χ0) is 19.7. The fourth-order valence-corrected chi connectivity index (χ4v) is 3.49. The summed E-state index contributed by atoms with van der Waals surface area (Å²) in [7, 11) is -3.72. The summed E-state index contributed by atoms with van der Waals surface area (Å²) in [5.74, 6) is -1.14. The molecule has 8 heteroatoms. The number of rotatable bonds is 10. The summed E-state index contributed by atoms with van der Waals surface area (Å²) in [6, 6.07) is 14.2. The summed E-state index contributed by atoms with van der Waals surface area (Å²) in [5.41, 5.74) is 0.641. The molecule has 0 unspecified atom stereocenters. The van der Waals surface area contributed by atoms with Gasteiger partial charge in [0.15, 0.2) is 0 Å². The minimum absolute atomic E-state index is 0.123. The van der Waals surface area contributed by atoms with E-state index in [0.717, 1.165) is 0 Å². The molecule has 7 nitrogen and oxygen atoms in total. The molecule has 2 aromatic carbocycles. The zero-order valence-electron chi connectivity index (χ0n) is 14.7. The van der Waals surface area contributed by atoms with E-state index in [2.05, 4.69) is 10.0 Å². The maximum atomic E-state index is 12.3. The Hall–Kier alpha value is -2.87. The van der Waals surface area contributed by atoms with E-state index in [4.69, 9.17) is 5.11 Å². The molecule has 0 atom stereocenters. The Labute approximate surface area is 158 Å². The second-order valence-electron chi connectivity index (χ2n) is 5.96. The van der Waals surface area contributed by atoms with Crippen LogP contribution in [-0.2, 0) is 14.8 Å². The molecule has 0 aliphatic rings. The van der Waals surface area contributed by atoms with E-state index >= 15 is 0 Å². The van der Waals surface area contributed by atoms with Gasteiger partial charge in [0.1, 0.15) is 0 Å². The summed E-state index contributed by atoms with van der Waals surface area (Å²) in [5, 5.41) is 11.3. The lowest BCUT2D eigenvalue weighted by atomic mass is 10.1. The SMILES string of the molecule is O=C(O)CCCCCNC(=O)c1cccc(NS(=O)(=O)c2ccccc2)c1. The molecule has 0 aliphatic carbocycles. The Bertz CT molecular complexity index is 882. The van der Waals surface area contributed by atoms with Crippen LogP contribution in [0.1, 0.15) is 36.0 Å². The number of hydrogen-bond donors (Lipinski definition) is 3. The maximum Gasteiger partial charge on any atom is 0.303 e. The van der Waals surface area contributed by atoms with Crippen molar-refractivity contribution in [3.05, 3.63) is 60.2 Å². The Morgan fingerprint density at radius 1 is 0.926 bits per heavy atom. The van der Waals surface area contributed by atoms with E-state index in [1.165, 1.54) is 18.2 Å². The number of aliphatic carboxylic acids is 1. The van der Waals surface area contributed by atoms with Crippen molar-refractivity contribution in [2.45, 2.75) is 30.6 Å². The molecule has 0 fully saturated rings. The Morgan fingerprint density at radius 2 is 1.67 bits per heavy atom. The lowest BCUT2D eigenvalue weighted by Gasteiger charge is -2.10. The van der Waals surface area contributed by atoms with Crippen LogP contribution in [0.4, 0.5) is 5.69 Å². The highest BCUT2D eigenvalue weighted by Gasteiger charge is 2.14. The van der Waals surface area contributed by atoms with Gasteiger partial charge < -0.3 is 10.4 Å². The van der Waals surface area contributed by atoms with Crippen molar-refractivity contribution in [3.8, 4) is 0 Å². The standard InChI is InChI=1S/C19H22N2O5S/c22-18(23)12-5-2-6-13-20-19(24)15-8-7-9-16(14-15)21-27(25,26)17-10-3-1-4-11-17/h1,3-4,7-11,14,21H,2,5-6,12-13H2,(H,20,24)(H,22,23). The van der Waals surface area contributed by atoms with Gasteiger partial charge in [-0.15, -0.1) is 0 Å². The number of benzene rings is 2. The lowest BCUT2D eigenvalue weighted by Crippen LogP contribution is -2.24. The van der Waals surface area contributed by atoms with Gasteiger partial charge in [0.25, 0.3) is 15.9 Å². The summed E-state index contributed by atoms with van der Waals surface area (Å²) >= 11 is 0. The second kappa shape index (κ2) is 9.72. The average molecular weight is 390 g/mol. The Balaban J connectivity index is 1.91. The Morgan fingerprint density at radius 3 is 2.37 bits per heavy atom. The third-order valence-corrected chi connectivity index (χ3v) is 5.18. The molecular formula is C19H22N2O5S. The number of sulfonamides is 1. The van der Waals surface area contributed by atoms with Gasteiger partial charge in [-0.3, -0.25) is 14.3 Å². The van der Waals surface area contributed by atoms with E-state index in [-0.39, 0.29) is 17.2 Å². The first-order valence-electron chi connectivity index (χ1n) is 8.56. The van der Waals surface area contributed by atoms with Gasteiger partial charge in [-0.25, -0.2) is 8.42 Å². The number of amides is 1. The highest BCUT2D eigenvalue weighted by atomic mass is 32.2. The van der Waals surface area contributed by atoms with Gasteiger partial charge >= 0.3 is 5.97 Å². The first-order valence-corrected chi connectivity index (χ1v) is 10.0. The highest BCUT2D eigenvalue weighted by Crippen LogP contribution is 2.17. The number of anilines is 1. The number of carbonyl (C=O) groups is 2. The van der Waals surface area contributed by atoms with Gasteiger partial charge in [-0.2, -0.15) is 0 Å². The largest absolute Gasteiger partial charge is 0.481 e. The minimum atomic E-state index is -3.72. The predicted molar refractivity (Wildman–Crippen MR) is 102 cm³/mol. The van der Waals surface area contributed by atoms with Crippen LogP contribution in [0.5, 0.6) is 0 Å². The molecule has 144 valence electrons. The molecule has 2 aromatic rings. The van der Waals surface area contributed by atoms with Crippen LogP contribution in [0, 0.1) is 0 Å². The van der Waals surface area contributed by atoms with Crippen molar-refractivity contribution in [2.75, 3.05) is 11.3 Å². The van der Waals surface area contributed by atoms with E-state index in [0.29, 0.717) is 37.1 Å². The van der Waals surface area contributed by atoms with Crippen LogP contribution in [0.25, 0.3) is 0 Å². The molecule has 0 aliphatic heterocycles. The summed E-state index contributed by atoms with van der Waals surface area (Å²) in [4.78, 5) is 22.8. The van der Waals surface area contributed by atoms with Gasteiger partial charge in [-0.1, -0.05) is 30.7 Å². The van der Waals surface area contributed by atoms with E-state index in [1.807, 2.05) is 0 Å². The van der Waals surface area contributed by atoms with Gasteiger partial charge in [0, 0.05) is 24.2 Å². The third kappa shape index (κ3) is 6.74. The van der Waals surface area contributed by atoms with Crippen molar-refractivity contribution in [1.82, 2.24) is 5.32 Å². The minimum Gasteiger partial charge on any atom is -0.481 e. The topological polar surface area (TPSA) is 113 Å². The first-order chi connectivity index (χ1) is 12.9. The normalized spacial score (nSPS) is 11.0.